The summed E-state index contributed by atoms with van der Waals surface area (Å²) < 4.78 is 12.2. The average molecular weight is 533 g/mol. The number of methoxy groups -OCH3 is 1. The van der Waals surface area contributed by atoms with Gasteiger partial charge in [-0.3, -0.25) is 4.79 Å². The van der Waals surface area contributed by atoms with Crippen molar-refractivity contribution in [3.63, 3.8) is 0 Å². The molecular formula is C29H36N6O4. The Hall–Kier alpha value is -4.08. The van der Waals surface area contributed by atoms with E-state index in [-0.39, 0.29) is 18.1 Å². The molecule has 2 amide bonds. The predicted molar refractivity (Wildman–Crippen MR) is 149 cm³/mol. The minimum absolute atomic E-state index is 0.275. The third-order valence-corrected chi connectivity index (χ3v) is 7.83. The first-order chi connectivity index (χ1) is 18.7. The lowest BCUT2D eigenvalue weighted by molar-refractivity contribution is -0.126. The van der Waals surface area contributed by atoms with Gasteiger partial charge in [-0.05, 0) is 73.8 Å². The lowest BCUT2D eigenvalue weighted by Crippen LogP contribution is -2.49. The first-order valence-corrected chi connectivity index (χ1v) is 13.4. The van der Waals surface area contributed by atoms with Crippen molar-refractivity contribution in [3.05, 3.63) is 47.9 Å². The van der Waals surface area contributed by atoms with Crippen molar-refractivity contribution >= 4 is 28.6 Å². The lowest BCUT2D eigenvalue weighted by Gasteiger charge is -2.38. The van der Waals surface area contributed by atoms with Crippen LogP contribution in [0.1, 0.15) is 69.4 Å². The van der Waals surface area contributed by atoms with Gasteiger partial charge in [0.2, 0.25) is 0 Å². The van der Waals surface area contributed by atoms with Crippen LogP contribution in [0.5, 0.6) is 5.75 Å². The number of carbonyl (C=O) groups is 2. The van der Waals surface area contributed by atoms with Crippen molar-refractivity contribution in [1.82, 2.24) is 30.2 Å². The zero-order valence-corrected chi connectivity index (χ0v) is 23.1. The molecule has 206 valence electrons. The van der Waals surface area contributed by atoms with Crippen molar-refractivity contribution in [3.8, 4) is 17.0 Å². The first kappa shape index (κ1) is 26.5. The SMILES string of the molecule is CNC(=O)OCC(=O)NC1(C)CCC(c2ccc3[nH]c(-c4cc(OC)c5ncnn5c4)c(C(C)C)c3c2)CC1. The number of pyridine rings is 1. The summed E-state index contributed by atoms with van der Waals surface area (Å²) in [6.45, 7) is 6.22. The van der Waals surface area contributed by atoms with Gasteiger partial charge < -0.3 is 25.1 Å². The Bertz CT molecular complexity index is 1510. The molecular weight excluding hydrogens is 496 g/mol. The minimum Gasteiger partial charge on any atom is -0.493 e. The second-order valence-corrected chi connectivity index (χ2v) is 10.9. The van der Waals surface area contributed by atoms with Gasteiger partial charge in [-0.1, -0.05) is 19.9 Å². The summed E-state index contributed by atoms with van der Waals surface area (Å²) >= 11 is 0. The van der Waals surface area contributed by atoms with Gasteiger partial charge in [0.05, 0.1) is 12.8 Å². The van der Waals surface area contributed by atoms with Crippen LogP contribution in [0, 0.1) is 0 Å². The molecule has 3 aromatic heterocycles. The summed E-state index contributed by atoms with van der Waals surface area (Å²) in [5.41, 5.74) is 6.10. The molecule has 0 atom stereocenters. The van der Waals surface area contributed by atoms with E-state index in [9.17, 15) is 9.59 Å². The molecule has 1 fully saturated rings. The molecule has 0 spiro atoms. The number of carbonyl (C=O) groups excluding carboxylic acids is 2. The molecule has 1 saturated carbocycles. The van der Waals surface area contributed by atoms with Gasteiger partial charge in [-0.25, -0.2) is 14.3 Å². The Kier molecular flexibility index (Phi) is 7.20. The topological polar surface area (TPSA) is 123 Å². The molecule has 3 N–H and O–H groups in total. The van der Waals surface area contributed by atoms with Crippen molar-refractivity contribution in [2.75, 3.05) is 20.8 Å². The number of aromatic nitrogens is 4. The molecule has 1 aromatic carbocycles. The number of hydrogen-bond acceptors (Lipinski definition) is 6. The van der Waals surface area contributed by atoms with Crippen LogP contribution in [-0.2, 0) is 9.53 Å². The Balaban J connectivity index is 1.38. The molecule has 0 radical (unpaired) electrons. The smallest absolute Gasteiger partial charge is 0.407 e. The van der Waals surface area contributed by atoms with Crippen LogP contribution in [0.4, 0.5) is 4.79 Å². The van der Waals surface area contributed by atoms with Gasteiger partial charge in [0, 0.05) is 35.2 Å². The van der Waals surface area contributed by atoms with E-state index in [4.69, 9.17) is 9.47 Å². The van der Waals surface area contributed by atoms with Crippen LogP contribution in [0.25, 0.3) is 27.8 Å². The number of fused-ring (bicyclic) bond motifs is 2. The van der Waals surface area contributed by atoms with Crippen LogP contribution < -0.4 is 15.4 Å². The maximum atomic E-state index is 12.3. The van der Waals surface area contributed by atoms with E-state index in [1.807, 2.05) is 12.3 Å². The van der Waals surface area contributed by atoms with Crippen molar-refractivity contribution in [1.29, 1.82) is 0 Å². The third-order valence-electron chi connectivity index (χ3n) is 7.83. The highest BCUT2D eigenvalue weighted by atomic mass is 16.6. The molecule has 0 bridgehead atoms. The average Bonchev–Trinajstić information content (AvgIpc) is 3.55. The highest BCUT2D eigenvalue weighted by molar-refractivity contribution is 5.92. The summed E-state index contributed by atoms with van der Waals surface area (Å²) in [5.74, 6) is 1.11. The number of aromatic amines is 1. The first-order valence-electron chi connectivity index (χ1n) is 13.4. The maximum absolute atomic E-state index is 12.3. The fourth-order valence-electron chi connectivity index (χ4n) is 5.78. The Labute approximate surface area is 227 Å². The van der Waals surface area contributed by atoms with E-state index < -0.39 is 6.09 Å². The van der Waals surface area contributed by atoms with Gasteiger partial charge in [-0.2, -0.15) is 5.10 Å². The van der Waals surface area contributed by atoms with E-state index in [2.05, 4.69) is 64.7 Å². The van der Waals surface area contributed by atoms with Crippen molar-refractivity contribution in [2.24, 2.45) is 0 Å². The molecule has 0 saturated heterocycles. The molecule has 10 nitrogen and oxygen atoms in total. The zero-order chi connectivity index (χ0) is 27.7. The number of H-pyrrole nitrogens is 1. The van der Waals surface area contributed by atoms with Crippen molar-refractivity contribution < 1.29 is 19.1 Å². The number of nitrogens with zero attached hydrogens (tertiary/aromatic N) is 3. The lowest BCUT2D eigenvalue weighted by atomic mass is 9.75. The van der Waals surface area contributed by atoms with Crippen LogP contribution in [0.15, 0.2) is 36.8 Å². The van der Waals surface area contributed by atoms with E-state index in [1.165, 1.54) is 29.9 Å². The quantitative estimate of drug-likeness (QED) is 0.311. The molecule has 1 aliphatic carbocycles. The molecule has 39 heavy (non-hydrogen) atoms. The Morgan fingerprint density at radius 3 is 2.69 bits per heavy atom. The second kappa shape index (κ2) is 10.6. The number of hydrogen-bond donors (Lipinski definition) is 3. The van der Waals surface area contributed by atoms with Gasteiger partial charge in [-0.15, -0.1) is 0 Å². The van der Waals surface area contributed by atoms with Gasteiger partial charge in [0.15, 0.2) is 18.0 Å². The van der Waals surface area contributed by atoms with E-state index in [0.717, 1.165) is 42.5 Å². The van der Waals surface area contributed by atoms with Gasteiger partial charge in [0.25, 0.3) is 5.91 Å². The molecule has 5 rings (SSSR count). The third kappa shape index (κ3) is 5.28. The summed E-state index contributed by atoms with van der Waals surface area (Å²) in [7, 11) is 3.11. The molecule has 10 heteroatoms. The number of alkyl carbamates (subject to hydrolysis) is 1. The van der Waals surface area contributed by atoms with Gasteiger partial charge in [0.1, 0.15) is 6.33 Å². The van der Waals surface area contributed by atoms with Crippen LogP contribution in [-0.4, -0.2) is 57.9 Å². The molecule has 3 heterocycles. The van der Waals surface area contributed by atoms with Gasteiger partial charge >= 0.3 is 6.09 Å². The molecule has 0 aliphatic heterocycles. The maximum Gasteiger partial charge on any atom is 0.407 e. The van der Waals surface area contributed by atoms with Crippen molar-refractivity contribution in [2.45, 2.75) is 63.8 Å². The Morgan fingerprint density at radius 2 is 2.00 bits per heavy atom. The number of nitrogens with one attached hydrogen (secondary N) is 3. The predicted octanol–water partition coefficient (Wildman–Crippen LogP) is 4.90. The van der Waals surface area contributed by atoms with E-state index in [1.54, 1.807) is 11.6 Å². The molecule has 1 aliphatic rings. The summed E-state index contributed by atoms with van der Waals surface area (Å²) in [4.78, 5) is 31.5. The number of ether oxygens (including phenoxy) is 2. The monoisotopic (exact) mass is 532 g/mol. The summed E-state index contributed by atoms with van der Waals surface area (Å²) in [5, 5.41) is 11.0. The fourth-order valence-corrected chi connectivity index (χ4v) is 5.78. The number of benzene rings is 1. The number of rotatable bonds is 7. The van der Waals surface area contributed by atoms with Crippen LogP contribution in [0.2, 0.25) is 0 Å². The summed E-state index contributed by atoms with van der Waals surface area (Å²) in [6, 6.07) is 8.74. The highest BCUT2D eigenvalue weighted by Crippen LogP contribution is 2.42. The Morgan fingerprint density at radius 1 is 1.23 bits per heavy atom. The minimum atomic E-state index is -0.610. The molecule has 0 unspecified atom stereocenters. The molecule has 4 aromatic rings. The van der Waals surface area contributed by atoms with E-state index in [0.29, 0.717) is 23.2 Å². The van der Waals surface area contributed by atoms with Crippen LogP contribution in [0.3, 0.4) is 0 Å². The number of amides is 2. The highest BCUT2D eigenvalue weighted by Gasteiger charge is 2.33. The largest absolute Gasteiger partial charge is 0.493 e. The van der Waals surface area contributed by atoms with Crippen LogP contribution >= 0.6 is 0 Å². The standard InChI is InChI=1S/C29H36N6O4/c1-17(2)25-21-12-19(18-8-10-29(3,11-9-18)34-24(36)15-39-28(37)30-4)6-7-22(21)33-26(25)20-13-23(38-5)27-31-16-32-35(27)14-20/h6-7,12-14,16-18,33H,8-11,15H2,1-5H3,(H,30,37)(H,34,36). The zero-order valence-electron chi connectivity index (χ0n) is 23.1. The second-order valence-electron chi connectivity index (χ2n) is 10.9. The normalized spacial score (nSPS) is 19.4. The van der Waals surface area contributed by atoms with E-state index >= 15 is 0 Å². The summed E-state index contributed by atoms with van der Waals surface area (Å²) in [6.07, 6.45) is 6.55. The fraction of sp³-hybridized carbons (Fsp3) is 0.448.